The first-order valence-corrected chi connectivity index (χ1v) is 12.1. The van der Waals surface area contributed by atoms with E-state index in [2.05, 4.69) is 6.92 Å². The van der Waals surface area contributed by atoms with Crippen LogP contribution in [0.15, 0.2) is 42.5 Å². The lowest BCUT2D eigenvalue weighted by molar-refractivity contribution is -0.138. The van der Waals surface area contributed by atoms with E-state index in [4.69, 9.17) is 9.47 Å². The average Bonchev–Trinajstić information content (AvgIpc) is 3.12. The Morgan fingerprint density at radius 2 is 1.71 bits per heavy atom. The van der Waals surface area contributed by atoms with Crippen LogP contribution in [-0.2, 0) is 16.1 Å². The summed E-state index contributed by atoms with van der Waals surface area (Å²) in [4.78, 5) is 54.1. The minimum atomic E-state index is -0.684. The average molecular weight is 479 g/mol. The molecule has 2 aromatic carbocycles. The molecule has 2 aromatic rings. The zero-order valence-corrected chi connectivity index (χ0v) is 20.1. The highest BCUT2D eigenvalue weighted by Crippen LogP contribution is 2.27. The molecule has 0 N–H and O–H groups in total. The fraction of sp³-hybridized carbons (Fsp3) is 0.407. The maximum atomic E-state index is 13.0. The largest absolute Gasteiger partial charge is 0.493 e. The van der Waals surface area contributed by atoms with Crippen LogP contribution in [0.4, 0.5) is 0 Å². The summed E-state index contributed by atoms with van der Waals surface area (Å²) in [5, 5.41) is 0. The third-order valence-electron chi connectivity index (χ3n) is 6.53. The van der Waals surface area contributed by atoms with Gasteiger partial charge in [0, 0.05) is 12.6 Å². The van der Waals surface area contributed by atoms with Gasteiger partial charge in [-0.15, -0.1) is 0 Å². The van der Waals surface area contributed by atoms with Gasteiger partial charge >= 0.3 is 5.97 Å². The lowest BCUT2D eigenvalue weighted by Gasteiger charge is -2.35. The lowest BCUT2D eigenvalue weighted by atomic mass is 10.00. The minimum Gasteiger partial charge on any atom is -0.493 e. The molecular formula is C27H30N2O6. The molecule has 2 aliphatic rings. The van der Waals surface area contributed by atoms with Crippen LogP contribution in [0, 0.1) is 0 Å². The van der Waals surface area contributed by atoms with Crippen molar-refractivity contribution < 1.29 is 28.7 Å². The summed E-state index contributed by atoms with van der Waals surface area (Å²) in [6, 6.07) is 11.7. The molecule has 184 valence electrons. The number of esters is 1. The van der Waals surface area contributed by atoms with Crippen molar-refractivity contribution >= 4 is 23.7 Å². The van der Waals surface area contributed by atoms with E-state index in [0.717, 1.165) is 30.6 Å². The number of hydrogen-bond acceptors (Lipinski definition) is 6. The van der Waals surface area contributed by atoms with Crippen LogP contribution >= 0.6 is 0 Å². The third-order valence-corrected chi connectivity index (χ3v) is 6.53. The summed E-state index contributed by atoms with van der Waals surface area (Å²) >= 11 is 0. The molecule has 4 rings (SSSR count). The number of ether oxygens (including phenoxy) is 2. The van der Waals surface area contributed by atoms with Gasteiger partial charge in [-0.3, -0.25) is 19.3 Å². The van der Waals surface area contributed by atoms with E-state index in [-0.39, 0.29) is 42.5 Å². The minimum absolute atomic E-state index is 0.00389. The Hall–Kier alpha value is -3.68. The quantitative estimate of drug-likeness (QED) is 0.423. The zero-order chi connectivity index (χ0) is 24.9. The summed E-state index contributed by atoms with van der Waals surface area (Å²) in [7, 11) is 0. The van der Waals surface area contributed by atoms with Gasteiger partial charge < -0.3 is 14.4 Å². The molecule has 0 saturated carbocycles. The molecule has 2 heterocycles. The van der Waals surface area contributed by atoms with Crippen LogP contribution in [0.2, 0.25) is 0 Å². The van der Waals surface area contributed by atoms with Gasteiger partial charge in [0.2, 0.25) is 0 Å². The lowest BCUT2D eigenvalue weighted by Crippen LogP contribution is -2.45. The van der Waals surface area contributed by atoms with Gasteiger partial charge in [-0.2, -0.15) is 0 Å². The van der Waals surface area contributed by atoms with Gasteiger partial charge in [0.15, 0.2) is 6.61 Å². The topological polar surface area (TPSA) is 93.2 Å². The van der Waals surface area contributed by atoms with E-state index in [1.807, 2.05) is 0 Å². The van der Waals surface area contributed by atoms with Crippen LogP contribution in [0.1, 0.15) is 76.2 Å². The van der Waals surface area contributed by atoms with Crippen molar-refractivity contribution in [1.82, 2.24) is 9.80 Å². The molecule has 3 amide bonds. The van der Waals surface area contributed by atoms with Crippen LogP contribution in [0.25, 0.3) is 0 Å². The van der Waals surface area contributed by atoms with Crippen molar-refractivity contribution in [3.8, 4) is 5.75 Å². The highest BCUT2D eigenvalue weighted by atomic mass is 16.5. The fourth-order valence-corrected chi connectivity index (χ4v) is 4.72. The molecule has 0 bridgehead atoms. The summed E-state index contributed by atoms with van der Waals surface area (Å²) in [5.41, 5.74) is 1.46. The number of imide groups is 1. The smallest absolute Gasteiger partial charge is 0.342 e. The zero-order valence-electron chi connectivity index (χ0n) is 20.1. The maximum absolute atomic E-state index is 13.0. The molecule has 2 aliphatic heterocycles. The Bertz CT molecular complexity index is 1110. The molecule has 0 spiro atoms. The van der Waals surface area contributed by atoms with Gasteiger partial charge in [0.25, 0.3) is 17.7 Å². The Morgan fingerprint density at radius 3 is 2.37 bits per heavy atom. The van der Waals surface area contributed by atoms with E-state index in [9.17, 15) is 19.2 Å². The van der Waals surface area contributed by atoms with E-state index >= 15 is 0 Å². The summed E-state index contributed by atoms with van der Waals surface area (Å²) < 4.78 is 11.0. The van der Waals surface area contributed by atoms with Crippen molar-refractivity contribution in [2.75, 3.05) is 19.8 Å². The molecule has 35 heavy (non-hydrogen) atoms. The van der Waals surface area contributed by atoms with E-state index in [1.165, 1.54) is 0 Å². The first-order chi connectivity index (χ1) is 16.9. The number of piperidine rings is 1. The predicted octanol–water partition coefficient (Wildman–Crippen LogP) is 3.83. The Kier molecular flexibility index (Phi) is 7.48. The number of rotatable bonds is 8. The Labute approximate surface area is 204 Å². The number of amides is 3. The van der Waals surface area contributed by atoms with E-state index in [1.54, 1.807) is 54.3 Å². The normalized spacial score (nSPS) is 17.4. The van der Waals surface area contributed by atoms with Crippen molar-refractivity contribution in [1.29, 1.82) is 0 Å². The second kappa shape index (κ2) is 10.7. The molecule has 1 fully saturated rings. The number of benzene rings is 2. The first-order valence-electron chi connectivity index (χ1n) is 12.1. The molecule has 8 heteroatoms. The van der Waals surface area contributed by atoms with Gasteiger partial charge in [-0.05, 0) is 62.4 Å². The molecule has 0 radical (unpaired) electrons. The molecule has 1 unspecified atom stereocenters. The molecule has 1 saturated heterocycles. The summed E-state index contributed by atoms with van der Waals surface area (Å²) in [6.45, 7) is 4.52. The van der Waals surface area contributed by atoms with Gasteiger partial charge in [0.05, 0.1) is 24.3 Å². The highest BCUT2D eigenvalue weighted by Gasteiger charge is 2.35. The number of carbonyl (C=O) groups is 4. The van der Waals surface area contributed by atoms with Gasteiger partial charge in [-0.1, -0.05) is 25.1 Å². The second-order valence-corrected chi connectivity index (χ2v) is 8.73. The Morgan fingerprint density at radius 1 is 1.00 bits per heavy atom. The maximum Gasteiger partial charge on any atom is 0.342 e. The van der Waals surface area contributed by atoms with Crippen molar-refractivity contribution in [2.45, 2.75) is 52.1 Å². The number of carbonyl (C=O) groups excluding carboxylic acids is 4. The van der Waals surface area contributed by atoms with E-state index in [0.29, 0.717) is 35.6 Å². The number of likely N-dealkylation sites (tertiary alicyclic amines) is 1. The van der Waals surface area contributed by atoms with Crippen LogP contribution in [0.5, 0.6) is 5.75 Å². The predicted molar refractivity (Wildman–Crippen MR) is 128 cm³/mol. The van der Waals surface area contributed by atoms with Crippen LogP contribution in [-0.4, -0.2) is 59.3 Å². The standard InChI is InChI=1S/C27H30N2O6/c1-3-19-9-7-8-14-28(19)24(30)17-35-27(33)22-15-18(12-13-23(22)34-4-2)16-29-25(31)20-10-5-6-11-21(20)26(29)32/h5-6,10-13,15,19H,3-4,7-9,14,16-17H2,1-2H3. The SMILES string of the molecule is CCOc1ccc(CN2C(=O)c3ccccc3C2=O)cc1C(=O)OCC(=O)N1CCCCC1CC. The monoisotopic (exact) mass is 478 g/mol. The molecule has 0 aromatic heterocycles. The molecular weight excluding hydrogens is 448 g/mol. The second-order valence-electron chi connectivity index (χ2n) is 8.73. The molecule has 1 atom stereocenters. The van der Waals surface area contributed by atoms with Crippen LogP contribution < -0.4 is 4.74 Å². The van der Waals surface area contributed by atoms with Crippen molar-refractivity contribution in [2.24, 2.45) is 0 Å². The molecule has 0 aliphatic carbocycles. The van der Waals surface area contributed by atoms with Crippen LogP contribution in [0.3, 0.4) is 0 Å². The number of nitrogens with zero attached hydrogens (tertiary/aromatic N) is 2. The number of fused-ring (bicyclic) bond motifs is 1. The van der Waals surface area contributed by atoms with E-state index < -0.39 is 5.97 Å². The van der Waals surface area contributed by atoms with Crippen molar-refractivity contribution in [3.63, 3.8) is 0 Å². The fourth-order valence-electron chi connectivity index (χ4n) is 4.72. The summed E-state index contributed by atoms with van der Waals surface area (Å²) in [6.07, 6.45) is 3.88. The van der Waals surface area contributed by atoms with Gasteiger partial charge in [-0.25, -0.2) is 4.79 Å². The third kappa shape index (κ3) is 5.06. The van der Waals surface area contributed by atoms with Gasteiger partial charge in [0.1, 0.15) is 11.3 Å². The number of hydrogen-bond donors (Lipinski definition) is 0. The first kappa shape index (κ1) is 24.4. The summed E-state index contributed by atoms with van der Waals surface area (Å²) in [5.74, 6) is -1.32. The Balaban J connectivity index is 1.48. The van der Waals surface area contributed by atoms with Crippen molar-refractivity contribution in [3.05, 3.63) is 64.7 Å². The highest BCUT2D eigenvalue weighted by molar-refractivity contribution is 6.21. The molecule has 8 nitrogen and oxygen atoms in total.